The zero-order valence-electron chi connectivity index (χ0n) is 6.72. The summed E-state index contributed by atoms with van der Waals surface area (Å²) in [6, 6.07) is 0. The van der Waals surface area contributed by atoms with Crippen LogP contribution in [-0.2, 0) is 14.3 Å². The molecule has 1 aliphatic carbocycles. The standard InChI is InChI=1S/C7H6O7/c8-1-14-7-5(12)3(10)2(9)4(11)6(7)13/h8-10,13H,1H2. The quantitative estimate of drug-likeness (QED) is 0.341. The van der Waals surface area contributed by atoms with Gasteiger partial charge >= 0.3 is 0 Å². The van der Waals surface area contributed by atoms with Gasteiger partial charge in [-0.1, -0.05) is 0 Å². The van der Waals surface area contributed by atoms with Crippen LogP contribution >= 0.6 is 0 Å². The van der Waals surface area contributed by atoms with Crippen molar-refractivity contribution < 1.29 is 34.8 Å². The molecule has 7 heteroatoms. The second-order valence-electron chi connectivity index (χ2n) is 2.31. The Bertz CT molecular complexity index is 362. The molecule has 0 aromatic rings. The molecule has 0 amide bonds. The number of hydrogen-bond donors (Lipinski definition) is 4. The van der Waals surface area contributed by atoms with E-state index in [0.29, 0.717) is 0 Å². The normalized spacial score (nSPS) is 17.8. The Hall–Kier alpha value is -2.02. The molecule has 0 spiro atoms. The summed E-state index contributed by atoms with van der Waals surface area (Å²) < 4.78 is 4.21. The van der Waals surface area contributed by atoms with Crippen LogP contribution in [0.4, 0.5) is 0 Å². The number of ether oxygens (including phenoxy) is 1. The maximum Gasteiger partial charge on any atom is 0.270 e. The van der Waals surface area contributed by atoms with E-state index in [4.69, 9.17) is 20.4 Å². The number of aliphatic hydroxyl groups excluding tert-OH is 4. The summed E-state index contributed by atoms with van der Waals surface area (Å²) in [5, 5.41) is 35.0. The first-order valence-corrected chi connectivity index (χ1v) is 3.39. The summed E-state index contributed by atoms with van der Waals surface area (Å²) in [6.45, 7) is -0.952. The lowest BCUT2D eigenvalue weighted by Gasteiger charge is -2.13. The van der Waals surface area contributed by atoms with Crippen molar-refractivity contribution in [2.75, 3.05) is 6.79 Å². The first-order valence-electron chi connectivity index (χ1n) is 3.39. The molecule has 1 aliphatic rings. The summed E-state index contributed by atoms with van der Waals surface area (Å²) in [5.41, 5.74) is 0. The third kappa shape index (κ3) is 1.29. The molecule has 7 nitrogen and oxygen atoms in total. The highest BCUT2D eigenvalue weighted by Crippen LogP contribution is 2.20. The lowest BCUT2D eigenvalue weighted by atomic mass is 10.1. The lowest BCUT2D eigenvalue weighted by Crippen LogP contribution is -2.25. The van der Waals surface area contributed by atoms with Crippen LogP contribution in [0.15, 0.2) is 23.0 Å². The predicted molar refractivity (Wildman–Crippen MR) is 40.1 cm³/mol. The van der Waals surface area contributed by atoms with Gasteiger partial charge in [-0.25, -0.2) is 0 Å². The Labute approximate surface area is 77.2 Å². The Kier molecular flexibility index (Phi) is 2.43. The van der Waals surface area contributed by atoms with E-state index in [1.165, 1.54) is 0 Å². The first kappa shape index (κ1) is 10.1. The van der Waals surface area contributed by atoms with Gasteiger partial charge in [-0.2, -0.15) is 0 Å². The van der Waals surface area contributed by atoms with Crippen LogP contribution in [0, 0.1) is 0 Å². The molecule has 0 aliphatic heterocycles. The average Bonchev–Trinajstić information content (AvgIpc) is 2.19. The van der Waals surface area contributed by atoms with Crippen molar-refractivity contribution in [3.8, 4) is 0 Å². The number of rotatable bonds is 2. The molecule has 0 fully saturated rings. The maximum atomic E-state index is 11.0. The smallest absolute Gasteiger partial charge is 0.270 e. The van der Waals surface area contributed by atoms with Gasteiger partial charge in [-0.3, -0.25) is 9.59 Å². The van der Waals surface area contributed by atoms with Crippen molar-refractivity contribution in [3.63, 3.8) is 0 Å². The minimum absolute atomic E-state index is 0.896. The molecule has 0 radical (unpaired) electrons. The highest BCUT2D eigenvalue weighted by atomic mass is 16.6. The summed E-state index contributed by atoms with van der Waals surface area (Å²) >= 11 is 0. The Morgan fingerprint density at radius 3 is 1.93 bits per heavy atom. The SMILES string of the molecule is O=C1C(O)=C(O)C(=O)C(OCO)=C1O. The van der Waals surface area contributed by atoms with E-state index >= 15 is 0 Å². The van der Waals surface area contributed by atoms with Gasteiger partial charge in [-0.15, -0.1) is 0 Å². The number of carbonyl (C=O) groups is 2. The van der Waals surface area contributed by atoms with Gasteiger partial charge in [-0.05, 0) is 0 Å². The largest absolute Gasteiger partial charge is 0.501 e. The molecule has 0 aromatic carbocycles. The van der Waals surface area contributed by atoms with Crippen molar-refractivity contribution in [1.82, 2.24) is 0 Å². The van der Waals surface area contributed by atoms with Crippen LogP contribution in [-0.4, -0.2) is 38.8 Å². The highest BCUT2D eigenvalue weighted by molar-refractivity contribution is 6.21. The van der Waals surface area contributed by atoms with Crippen LogP contribution in [0.2, 0.25) is 0 Å². The molecule has 0 bridgehead atoms. The van der Waals surface area contributed by atoms with Gasteiger partial charge in [0.2, 0.25) is 23.0 Å². The monoisotopic (exact) mass is 202 g/mol. The summed E-state index contributed by atoms with van der Waals surface area (Å²) in [6.07, 6.45) is 0. The average molecular weight is 202 g/mol. The van der Waals surface area contributed by atoms with Crippen molar-refractivity contribution >= 4 is 11.6 Å². The molecule has 1 rings (SSSR count). The van der Waals surface area contributed by atoms with E-state index in [1.807, 2.05) is 0 Å². The lowest BCUT2D eigenvalue weighted by molar-refractivity contribution is -0.126. The minimum Gasteiger partial charge on any atom is -0.501 e. The zero-order chi connectivity index (χ0) is 10.9. The molecule has 4 N–H and O–H groups in total. The number of hydrogen-bond acceptors (Lipinski definition) is 7. The fourth-order valence-electron chi connectivity index (χ4n) is 0.844. The highest BCUT2D eigenvalue weighted by Gasteiger charge is 2.36. The second kappa shape index (κ2) is 3.38. The van der Waals surface area contributed by atoms with Gasteiger partial charge in [0.15, 0.2) is 6.79 Å². The third-order valence-electron chi connectivity index (χ3n) is 1.50. The van der Waals surface area contributed by atoms with Crippen LogP contribution in [0.3, 0.4) is 0 Å². The molecule has 0 saturated carbocycles. The van der Waals surface area contributed by atoms with Crippen molar-refractivity contribution in [2.45, 2.75) is 0 Å². The molecule has 76 valence electrons. The summed E-state index contributed by atoms with van der Waals surface area (Å²) in [7, 11) is 0. The maximum absolute atomic E-state index is 11.0. The van der Waals surface area contributed by atoms with Crippen LogP contribution in [0.25, 0.3) is 0 Å². The number of carbonyl (C=O) groups excluding carboxylic acids is 2. The van der Waals surface area contributed by atoms with E-state index in [9.17, 15) is 9.59 Å². The molecule has 0 unspecified atom stereocenters. The van der Waals surface area contributed by atoms with E-state index in [0.717, 1.165) is 0 Å². The Morgan fingerprint density at radius 2 is 1.43 bits per heavy atom. The van der Waals surface area contributed by atoms with Crippen molar-refractivity contribution in [1.29, 1.82) is 0 Å². The van der Waals surface area contributed by atoms with Crippen molar-refractivity contribution in [2.24, 2.45) is 0 Å². The van der Waals surface area contributed by atoms with E-state index in [2.05, 4.69) is 4.74 Å². The van der Waals surface area contributed by atoms with Crippen molar-refractivity contribution in [3.05, 3.63) is 23.0 Å². The Balaban J connectivity index is 3.19. The molecular formula is C7H6O7. The molecule has 0 heterocycles. The molecule has 0 saturated heterocycles. The fraction of sp³-hybridized carbons (Fsp3) is 0.143. The molecule has 14 heavy (non-hydrogen) atoms. The van der Waals surface area contributed by atoms with Gasteiger partial charge in [0, 0.05) is 0 Å². The third-order valence-corrected chi connectivity index (χ3v) is 1.50. The second-order valence-corrected chi connectivity index (χ2v) is 2.31. The topological polar surface area (TPSA) is 124 Å². The van der Waals surface area contributed by atoms with Crippen LogP contribution in [0.1, 0.15) is 0 Å². The molecule has 0 atom stereocenters. The number of ketones is 2. The minimum atomic E-state index is -1.34. The van der Waals surface area contributed by atoms with Crippen LogP contribution < -0.4 is 0 Å². The zero-order valence-corrected chi connectivity index (χ0v) is 6.72. The summed E-state index contributed by atoms with van der Waals surface area (Å²) in [5.74, 6) is -7.14. The Morgan fingerprint density at radius 1 is 0.929 bits per heavy atom. The first-order chi connectivity index (χ1) is 6.50. The predicted octanol–water partition coefficient (Wildman–Crippen LogP) is -0.798. The van der Waals surface area contributed by atoms with Gasteiger partial charge in [0.05, 0.1) is 0 Å². The number of Topliss-reactive ketones (excluding diaryl/α,β-unsaturated/α-hetero) is 2. The van der Waals surface area contributed by atoms with E-state index in [-0.39, 0.29) is 0 Å². The van der Waals surface area contributed by atoms with Crippen LogP contribution in [0.5, 0.6) is 0 Å². The van der Waals surface area contributed by atoms with Gasteiger partial charge < -0.3 is 25.2 Å². The van der Waals surface area contributed by atoms with Gasteiger partial charge in [0.1, 0.15) is 0 Å². The molecule has 0 aromatic heterocycles. The number of aliphatic hydroxyl groups is 4. The fourth-order valence-corrected chi connectivity index (χ4v) is 0.844. The van der Waals surface area contributed by atoms with E-state index < -0.39 is 41.4 Å². The van der Waals surface area contributed by atoms with E-state index in [1.54, 1.807) is 0 Å². The summed E-state index contributed by atoms with van der Waals surface area (Å²) in [4.78, 5) is 21.9. The van der Waals surface area contributed by atoms with Gasteiger partial charge in [0.25, 0.3) is 11.6 Å². The molecular weight excluding hydrogens is 196 g/mol.